The summed E-state index contributed by atoms with van der Waals surface area (Å²) in [5.41, 5.74) is 6.27. The third-order valence-corrected chi connectivity index (χ3v) is 4.99. The van der Waals surface area contributed by atoms with Crippen molar-refractivity contribution in [2.45, 2.75) is 37.2 Å². The number of rotatable bonds is 4. The predicted molar refractivity (Wildman–Crippen MR) is 87.6 cm³/mol. The minimum atomic E-state index is -3.52. The molecule has 8 heteroatoms. The molecule has 0 aliphatic carbocycles. The molecule has 3 N–H and O–H groups in total. The van der Waals surface area contributed by atoms with Gasteiger partial charge in [0, 0.05) is 30.7 Å². The van der Waals surface area contributed by atoms with Crippen LogP contribution in [0.25, 0.3) is 0 Å². The lowest BCUT2D eigenvalue weighted by Gasteiger charge is -2.16. The fourth-order valence-corrected chi connectivity index (χ4v) is 3.56. The minimum absolute atomic E-state index is 0. The third kappa shape index (κ3) is 4.42. The lowest BCUT2D eigenvalue weighted by atomic mass is 10.2. The van der Waals surface area contributed by atoms with Gasteiger partial charge in [-0.2, -0.15) is 0 Å². The van der Waals surface area contributed by atoms with Crippen molar-refractivity contribution in [3.8, 4) is 0 Å². The van der Waals surface area contributed by atoms with Crippen LogP contribution < -0.4 is 10.5 Å². The van der Waals surface area contributed by atoms with Gasteiger partial charge in [-0.05, 0) is 44.5 Å². The molecule has 0 aromatic heterocycles. The van der Waals surface area contributed by atoms with E-state index in [0.717, 1.165) is 6.42 Å². The summed E-state index contributed by atoms with van der Waals surface area (Å²) in [5.74, 6) is -0.108. The van der Waals surface area contributed by atoms with E-state index < -0.39 is 10.0 Å². The molecule has 1 amide bonds. The molecule has 22 heavy (non-hydrogen) atoms. The van der Waals surface area contributed by atoms with Crippen LogP contribution >= 0.6 is 12.4 Å². The van der Waals surface area contributed by atoms with Crippen LogP contribution in [-0.4, -0.2) is 44.4 Å². The Balaban J connectivity index is 0.00000242. The number of nitrogens with one attached hydrogen (secondary N) is 1. The van der Waals surface area contributed by atoms with Gasteiger partial charge in [-0.25, -0.2) is 13.1 Å². The Labute approximate surface area is 137 Å². The van der Waals surface area contributed by atoms with Crippen LogP contribution in [-0.2, 0) is 10.0 Å². The zero-order chi connectivity index (χ0) is 15.6. The van der Waals surface area contributed by atoms with Crippen LogP contribution in [0.3, 0.4) is 0 Å². The second-order valence-corrected chi connectivity index (χ2v) is 7.31. The maximum atomic E-state index is 12.2. The zero-order valence-corrected chi connectivity index (χ0v) is 14.3. The number of halogens is 1. The van der Waals surface area contributed by atoms with Crippen molar-refractivity contribution in [1.29, 1.82) is 0 Å². The van der Waals surface area contributed by atoms with E-state index in [4.69, 9.17) is 5.73 Å². The van der Waals surface area contributed by atoms with Crippen LogP contribution in [0.15, 0.2) is 29.2 Å². The first-order valence-electron chi connectivity index (χ1n) is 6.97. The van der Waals surface area contributed by atoms with E-state index in [1.165, 1.54) is 12.1 Å². The third-order valence-electron chi connectivity index (χ3n) is 3.31. The molecule has 1 aliphatic rings. The van der Waals surface area contributed by atoms with Crippen LogP contribution in [0.4, 0.5) is 0 Å². The number of benzene rings is 1. The highest BCUT2D eigenvalue weighted by Gasteiger charge is 2.25. The van der Waals surface area contributed by atoms with Crippen molar-refractivity contribution in [1.82, 2.24) is 9.62 Å². The van der Waals surface area contributed by atoms with Gasteiger partial charge in [-0.15, -0.1) is 12.4 Å². The van der Waals surface area contributed by atoms with Crippen molar-refractivity contribution in [2.75, 3.05) is 13.1 Å². The SMILES string of the molecule is CC(C)NS(=O)(=O)c1ccc(C(=O)N2CC[C@@H](N)C2)cc1.Cl. The van der Waals surface area contributed by atoms with E-state index in [2.05, 4.69) is 4.72 Å². The number of likely N-dealkylation sites (tertiary alicyclic amines) is 1. The van der Waals surface area contributed by atoms with E-state index in [0.29, 0.717) is 18.7 Å². The van der Waals surface area contributed by atoms with Crippen molar-refractivity contribution >= 4 is 28.3 Å². The van der Waals surface area contributed by atoms with Crippen LogP contribution in [0.2, 0.25) is 0 Å². The topological polar surface area (TPSA) is 92.5 Å². The van der Waals surface area contributed by atoms with Crippen molar-refractivity contribution in [3.63, 3.8) is 0 Å². The molecular weight excluding hydrogens is 326 g/mol. The first-order valence-corrected chi connectivity index (χ1v) is 8.45. The first kappa shape index (κ1) is 18.9. The van der Waals surface area contributed by atoms with E-state index in [-0.39, 0.29) is 35.3 Å². The number of carbonyl (C=O) groups is 1. The standard InChI is InChI=1S/C14H21N3O3S.ClH/c1-10(2)16-21(19,20)13-5-3-11(4-6-13)14(18)17-8-7-12(15)9-17;/h3-6,10,12,16H,7-9,15H2,1-2H3;1H/t12-;/m1./s1. The fourth-order valence-electron chi connectivity index (χ4n) is 2.31. The molecule has 1 heterocycles. The van der Waals surface area contributed by atoms with Crippen LogP contribution in [0.1, 0.15) is 30.6 Å². The Morgan fingerprint density at radius 3 is 2.36 bits per heavy atom. The van der Waals surface area contributed by atoms with Crippen molar-refractivity contribution in [2.24, 2.45) is 5.73 Å². The number of nitrogens with zero attached hydrogens (tertiary/aromatic N) is 1. The molecule has 0 unspecified atom stereocenters. The molecule has 0 bridgehead atoms. The smallest absolute Gasteiger partial charge is 0.253 e. The van der Waals surface area contributed by atoms with Gasteiger partial charge in [-0.1, -0.05) is 0 Å². The average molecular weight is 348 g/mol. The summed E-state index contributed by atoms with van der Waals surface area (Å²) in [5, 5.41) is 0. The second-order valence-electron chi connectivity index (χ2n) is 5.60. The van der Waals surface area contributed by atoms with Gasteiger partial charge < -0.3 is 10.6 Å². The number of hydrogen-bond donors (Lipinski definition) is 2. The van der Waals surface area contributed by atoms with Gasteiger partial charge in [0.05, 0.1) is 4.90 Å². The van der Waals surface area contributed by atoms with E-state index in [1.54, 1.807) is 30.9 Å². The Kier molecular flexibility index (Phi) is 6.37. The van der Waals surface area contributed by atoms with Gasteiger partial charge in [0.1, 0.15) is 0 Å². The molecule has 0 radical (unpaired) electrons. The number of sulfonamides is 1. The molecule has 124 valence electrons. The van der Waals surface area contributed by atoms with Gasteiger partial charge in [0.2, 0.25) is 10.0 Å². The molecule has 1 saturated heterocycles. The normalized spacial score (nSPS) is 18.4. The molecular formula is C14H22ClN3O3S. The summed E-state index contributed by atoms with van der Waals surface area (Å²) in [7, 11) is -3.52. The van der Waals surface area contributed by atoms with Crippen LogP contribution in [0, 0.1) is 0 Å². The number of carbonyl (C=O) groups excluding carboxylic acids is 1. The predicted octanol–water partition coefficient (Wildman–Crippen LogP) is 0.968. The molecule has 0 saturated carbocycles. The number of hydrogen-bond acceptors (Lipinski definition) is 4. The van der Waals surface area contributed by atoms with Crippen molar-refractivity contribution in [3.05, 3.63) is 29.8 Å². The highest BCUT2D eigenvalue weighted by Crippen LogP contribution is 2.15. The lowest BCUT2D eigenvalue weighted by Crippen LogP contribution is -2.32. The van der Waals surface area contributed by atoms with Gasteiger partial charge in [0.25, 0.3) is 5.91 Å². The largest absolute Gasteiger partial charge is 0.337 e. The quantitative estimate of drug-likeness (QED) is 0.848. The fraction of sp³-hybridized carbons (Fsp3) is 0.500. The maximum Gasteiger partial charge on any atom is 0.253 e. The highest BCUT2D eigenvalue weighted by atomic mass is 35.5. The molecule has 1 aromatic carbocycles. The molecule has 1 aromatic rings. The second kappa shape index (κ2) is 7.41. The van der Waals surface area contributed by atoms with E-state index in [9.17, 15) is 13.2 Å². The van der Waals surface area contributed by atoms with Gasteiger partial charge in [0.15, 0.2) is 0 Å². The summed E-state index contributed by atoms with van der Waals surface area (Å²) in [4.78, 5) is 14.1. The summed E-state index contributed by atoms with van der Waals surface area (Å²) >= 11 is 0. The van der Waals surface area contributed by atoms with E-state index in [1.807, 2.05) is 0 Å². The summed E-state index contributed by atoms with van der Waals surface area (Å²) in [6, 6.07) is 5.84. The Bertz CT molecular complexity index is 617. The summed E-state index contributed by atoms with van der Waals surface area (Å²) in [6.07, 6.45) is 0.802. The van der Waals surface area contributed by atoms with Gasteiger partial charge >= 0.3 is 0 Å². The average Bonchev–Trinajstić information content (AvgIpc) is 2.83. The maximum absolute atomic E-state index is 12.2. The molecule has 1 fully saturated rings. The highest BCUT2D eigenvalue weighted by molar-refractivity contribution is 7.89. The van der Waals surface area contributed by atoms with Crippen molar-refractivity contribution < 1.29 is 13.2 Å². The Hall–Kier alpha value is -1.15. The molecule has 2 rings (SSSR count). The lowest BCUT2D eigenvalue weighted by molar-refractivity contribution is 0.0791. The van der Waals surface area contributed by atoms with E-state index >= 15 is 0 Å². The zero-order valence-electron chi connectivity index (χ0n) is 12.7. The molecule has 6 nitrogen and oxygen atoms in total. The molecule has 1 aliphatic heterocycles. The number of amides is 1. The van der Waals surface area contributed by atoms with Crippen LogP contribution in [0.5, 0.6) is 0 Å². The minimum Gasteiger partial charge on any atom is -0.337 e. The number of nitrogens with two attached hydrogens (primary N) is 1. The Morgan fingerprint density at radius 2 is 1.91 bits per heavy atom. The van der Waals surface area contributed by atoms with Gasteiger partial charge in [-0.3, -0.25) is 4.79 Å². The Morgan fingerprint density at radius 1 is 1.32 bits per heavy atom. The molecule has 0 spiro atoms. The monoisotopic (exact) mass is 347 g/mol. The first-order chi connectivity index (χ1) is 9.79. The summed E-state index contributed by atoms with van der Waals surface area (Å²) < 4.78 is 26.5. The summed E-state index contributed by atoms with van der Waals surface area (Å²) in [6.45, 7) is 4.71. The molecule has 1 atom stereocenters.